The summed E-state index contributed by atoms with van der Waals surface area (Å²) >= 11 is 0. The van der Waals surface area contributed by atoms with Gasteiger partial charge in [-0.1, -0.05) is 209 Å². The van der Waals surface area contributed by atoms with Gasteiger partial charge in [0.05, 0.1) is 6.61 Å². The number of carbonyl (C=O) groups excluding carboxylic acids is 2. The molecule has 0 rings (SSSR count). The van der Waals surface area contributed by atoms with Crippen molar-refractivity contribution in [1.29, 1.82) is 0 Å². The summed E-state index contributed by atoms with van der Waals surface area (Å²) in [5, 5.41) is 9.60. The Labute approximate surface area is 360 Å². The normalized spacial score (nSPS) is 12.7. The van der Waals surface area contributed by atoms with Crippen LogP contribution < -0.4 is 0 Å². The topological polar surface area (TPSA) is 72.8 Å². The number of ether oxygens (including phenoxy) is 2. The quantitative estimate of drug-likeness (QED) is 0.0377. The van der Waals surface area contributed by atoms with Crippen LogP contribution in [0.3, 0.4) is 0 Å². The van der Waals surface area contributed by atoms with Gasteiger partial charge in [0.15, 0.2) is 6.10 Å². The van der Waals surface area contributed by atoms with E-state index in [1.165, 1.54) is 154 Å². The molecule has 0 heterocycles. The number of hydrogen-bond acceptors (Lipinski definition) is 5. The lowest BCUT2D eigenvalue weighted by atomic mass is 10.0. The molecule has 0 aliphatic rings. The Balaban J connectivity index is 3.50. The minimum absolute atomic E-state index is 0.0737. The lowest BCUT2D eigenvalue weighted by molar-refractivity contribution is -0.161. The number of allylic oxidation sites excluding steroid dienone is 10. The first-order valence-corrected chi connectivity index (χ1v) is 24.8. The zero-order valence-corrected chi connectivity index (χ0v) is 38.3. The highest BCUT2D eigenvalue weighted by molar-refractivity contribution is 5.70. The molecule has 1 N–H and O–H groups in total. The van der Waals surface area contributed by atoms with Crippen LogP contribution in [-0.2, 0) is 19.1 Å². The fourth-order valence-corrected chi connectivity index (χ4v) is 7.00. The van der Waals surface area contributed by atoms with Crippen molar-refractivity contribution >= 4 is 11.9 Å². The lowest BCUT2D eigenvalue weighted by Crippen LogP contribution is -2.28. The van der Waals surface area contributed by atoms with E-state index >= 15 is 0 Å². The first kappa shape index (κ1) is 55.6. The average molecular weight is 811 g/mol. The molecule has 0 aromatic carbocycles. The lowest BCUT2D eigenvalue weighted by Gasteiger charge is -2.15. The molecule has 1 atom stereocenters. The smallest absolute Gasteiger partial charge is 0.306 e. The summed E-state index contributed by atoms with van der Waals surface area (Å²) in [6, 6.07) is 0. The van der Waals surface area contributed by atoms with Gasteiger partial charge in [0.25, 0.3) is 0 Å². The predicted octanol–water partition coefficient (Wildman–Crippen LogP) is 16.3. The molecule has 0 radical (unpaired) electrons. The van der Waals surface area contributed by atoms with Gasteiger partial charge >= 0.3 is 11.9 Å². The van der Waals surface area contributed by atoms with E-state index in [1.54, 1.807) is 0 Å². The van der Waals surface area contributed by atoms with Crippen LogP contribution in [0.25, 0.3) is 0 Å². The number of hydrogen-bond donors (Lipinski definition) is 1. The summed E-state index contributed by atoms with van der Waals surface area (Å²) < 4.78 is 10.6. The maximum absolute atomic E-state index is 12.3. The fraction of sp³-hybridized carbons (Fsp3) is 0.774. The molecular weight excluding hydrogens is 717 g/mol. The van der Waals surface area contributed by atoms with E-state index in [2.05, 4.69) is 74.6 Å². The molecule has 5 nitrogen and oxygen atoms in total. The molecule has 1 unspecified atom stereocenters. The second-order valence-corrected chi connectivity index (χ2v) is 16.5. The Morgan fingerprint density at radius 3 is 1.07 bits per heavy atom. The molecule has 336 valence electrons. The molecular formula is C53H94O5. The predicted molar refractivity (Wildman–Crippen MR) is 251 cm³/mol. The SMILES string of the molecule is CCCCC/C=C\C/C=C\CCCCCCCC(=O)OCC(CO)OC(=O)CCCCCCCCCCCCCCCC/C=C\C/C=C\C/C=C\CCCCCCC. The van der Waals surface area contributed by atoms with Gasteiger partial charge in [-0.25, -0.2) is 0 Å². The zero-order chi connectivity index (χ0) is 42.1. The average Bonchev–Trinajstić information content (AvgIpc) is 3.23. The number of aliphatic hydroxyl groups is 1. The van der Waals surface area contributed by atoms with E-state index in [4.69, 9.17) is 9.47 Å². The van der Waals surface area contributed by atoms with E-state index in [-0.39, 0.29) is 25.2 Å². The number of esters is 2. The zero-order valence-electron chi connectivity index (χ0n) is 38.3. The van der Waals surface area contributed by atoms with Crippen LogP contribution in [0.4, 0.5) is 0 Å². The van der Waals surface area contributed by atoms with Crippen LogP contribution in [0.2, 0.25) is 0 Å². The standard InChI is InChI=1S/C53H94O5/c1-3-5-7-9-11-13-15-17-19-20-21-22-23-24-25-26-27-28-29-30-31-32-34-36-38-40-42-44-46-48-53(56)58-51(49-54)50-57-52(55)47-45-43-41-39-37-35-33-18-16-14-12-10-8-6-4-2/h12,14-15,17-18,20-21,23-24,33,51,54H,3-11,13,16,19,22,25-32,34-50H2,1-2H3/b14-12-,17-15-,21-20-,24-23-,33-18-. The van der Waals surface area contributed by atoms with Crippen molar-refractivity contribution < 1.29 is 24.2 Å². The highest BCUT2D eigenvalue weighted by Gasteiger charge is 2.16. The van der Waals surface area contributed by atoms with Crippen LogP contribution in [0.1, 0.15) is 245 Å². The first-order valence-electron chi connectivity index (χ1n) is 24.8. The van der Waals surface area contributed by atoms with Gasteiger partial charge in [0.2, 0.25) is 0 Å². The second kappa shape index (κ2) is 49.0. The number of rotatable bonds is 45. The summed E-state index contributed by atoms with van der Waals surface area (Å²) in [4.78, 5) is 24.4. The van der Waals surface area contributed by atoms with E-state index in [0.717, 1.165) is 64.2 Å². The van der Waals surface area contributed by atoms with Crippen LogP contribution in [-0.4, -0.2) is 36.4 Å². The molecule has 0 spiro atoms. The van der Waals surface area contributed by atoms with E-state index in [1.807, 2.05) is 0 Å². The van der Waals surface area contributed by atoms with Gasteiger partial charge in [0.1, 0.15) is 6.61 Å². The molecule has 0 fully saturated rings. The van der Waals surface area contributed by atoms with Gasteiger partial charge in [0, 0.05) is 12.8 Å². The Morgan fingerprint density at radius 1 is 0.397 bits per heavy atom. The molecule has 0 saturated heterocycles. The third-order valence-electron chi connectivity index (χ3n) is 10.8. The highest BCUT2D eigenvalue weighted by atomic mass is 16.6. The Hall–Kier alpha value is -2.40. The van der Waals surface area contributed by atoms with Crippen molar-refractivity contribution in [2.45, 2.75) is 251 Å². The van der Waals surface area contributed by atoms with Crippen LogP contribution in [0, 0.1) is 0 Å². The third kappa shape index (κ3) is 46.3. The molecule has 0 aromatic rings. The Kier molecular flexibility index (Phi) is 46.9. The summed E-state index contributed by atoms with van der Waals surface area (Å²) in [6.07, 6.45) is 64.5. The van der Waals surface area contributed by atoms with Crippen LogP contribution in [0.15, 0.2) is 60.8 Å². The van der Waals surface area contributed by atoms with E-state index in [9.17, 15) is 14.7 Å². The number of carbonyl (C=O) groups is 2. The summed E-state index contributed by atoms with van der Waals surface area (Å²) in [7, 11) is 0. The van der Waals surface area contributed by atoms with Crippen molar-refractivity contribution in [2.75, 3.05) is 13.2 Å². The van der Waals surface area contributed by atoms with E-state index < -0.39 is 6.10 Å². The second-order valence-electron chi connectivity index (χ2n) is 16.5. The van der Waals surface area contributed by atoms with Gasteiger partial charge in [-0.15, -0.1) is 0 Å². The summed E-state index contributed by atoms with van der Waals surface area (Å²) in [6.45, 7) is 4.10. The minimum Gasteiger partial charge on any atom is -0.462 e. The first-order chi connectivity index (χ1) is 28.6. The molecule has 5 heteroatoms. The van der Waals surface area contributed by atoms with Gasteiger partial charge in [-0.3, -0.25) is 9.59 Å². The summed E-state index contributed by atoms with van der Waals surface area (Å²) in [5.41, 5.74) is 0. The molecule has 0 amide bonds. The van der Waals surface area contributed by atoms with Gasteiger partial charge < -0.3 is 14.6 Å². The Bertz CT molecular complexity index is 1010. The molecule has 0 aliphatic carbocycles. The number of aliphatic hydroxyl groups excluding tert-OH is 1. The highest BCUT2D eigenvalue weighted by Crippen LogP contribution is 2.15. The van der Waals surface area contributed by atoms with Crippen molar-refractivity contribution in [1.82, 2.24) is 0 Å². The minimum atomic E-state index is -0.779. The maximum Gasteiger partial charge on any atom is 0.306 e. The molecule has 0 saturated carbocycles. The molecule has 0 bridgehead atoms. The molecule has 58 heavy (non-hydrogen) atoms. The van der Waals surface area contributed by atoms with Gasteiger partial charge in [-0.2, -0.15) is 0 Å². The molecule has 0 aliphatic heterocycles. The maximum atomic E-state index is 12.3. The third-order valence-corrected chi connectivity index (χ3v) is 10.8. The van der Waals surface area contributed by atoms with Crippen molar-refractivity contribution in [3.63, 3.8) is 0 Å². The monoisotopic (exact) mass is 811 g/mol. The van der Waals surface area contributed by atoms with Crippen LogP contribution in [0.5, 0.6) is 0 Å². The van der Waals surface area contributed by atoms with E-state index in [0.29, 0.717) is 12.8 Å². The Morgan fingerprint density at radius 2 is 0.690 bits per heavy atom. The number of unbranched alkanes of at least 4 members (excludes halogenated alkanes) is 27. The molecule has 0 aromatic heterocycles. The van der Waals surface area contributed by atoms with Crippen molar-refractivity contribution in [3.8, 4) is 0 Å². The van der Waals surface area contributed by atoms with Crippen LogP contribution >= 0.6 is 0 Å². The van der Waals surface area contributed by atoms with Crippen molar-refractivity contribution in [3.05, 3.63) is 60.8 Å². The summed E-state index contributed by atoms with van der Waals surface area (Å²) in [5.74, 6) is -0.604. The van der Waals surface area contributed by atoms with Crippen molar-refractivity contribution in [2.24, 2.45) is 0 Å². The van der Waals surface area contributed by atoms with Gasteiger partial charge in [-0.05, 0) is 83.5 Å². The fourth-order valence-electron chi connectivity index (χ4n) is 7.00. The largest absolute Gasteiger partial charge is 0.462 e.